The van der Waals surface area contributed by atoms with Crippen molar-refractivity contribution in [3.63, 3.8) is 0 Å². The van der Waals surface area contributed by atoms with Gasteiger partial charge in [0.15, 0.2) is 8.24 Å². The topological polar surface area (TPSA) is 20.3 Å². The normalized spacial score (nSPS) is 30.5. The second kappa shape index (κ2) is 2.97. The van der Waals surface area contributed by atoms with Crippen LogP contribution in [0.5, 0.6) is 0 Å². The molecule has 3 heteroatoms. The van der Waals surface area contributed by atoms with Crippen LogP contribution in [-0.4, -0.2) is 24.7 Å². The van der Waals surface area contributed by atoms with Crippen molar-refractivity contribution in [1.29, 1.82) is 0 Å². The van der Waals surface area contributed by atoms with Gasteiger partial charge in [0.25, 0.3) is 0 Å². The van der Waals surface area contributed by atoms with Crippen LogP contribution in [0, 0.1) is 5.92 Å². The lowest BCUT2D eigenvalue weighted by Gasteiger charge is -2.46. The Morgan fingerprint density at radius 3 is 2.33 bits per heavy atom. The number of carbonyl (C=O) groups is 1. The van der Waals surface area contributed by atoms with Crippen LogP contribution in [-0.2, 0) is 4.79 Å². The SMILES string of the molecule is CC(C)(C)[Si](C)(C)N1C(=O)[C@@H]2C=C[C@H]1C2. The zero-order valence-corrected chi connectivity index (χ0v) is 11.4. The number of rotatable bonds is 1. The van der Waals surface area contributed by atoms with Gasteiger partial charge >= 0.3 is 0 Å². The molecular formula is C12H21NOSi. The minimum absolute atomic E-state index is 0.198. The van der Waals surface area contributed by atoms with Gasteiger partial charge in [0.2, 0.25) is 5.91 Å². The molecule has 1 fully saturated rings. The van der Waals surface area contributed by atoms with Gasteiger partial charge in [-0.2, -0.15) is 0 Å². The Morgan fingerprint density at radius 1 is 1.33 bits per heavy atom. The summed E-state index contributed by atoms with van der Waals surface area (Å²) in [4.78, 5) is 12.2. The van der Waals surface area contributed by atoms with E-state index in [-0.39, 0.29) is 11.0 Å². The molecule has 84 valence electrons. The summed E-state index contributed by atoms with van der Waals surface area (Å²) < 4.78 is 2.23. The summed E-state index contributed by atoms with van der Waals surface area (Å²) in [7, 11) is -1.66. The van der Waals surface area contributed by atoms with Crippen molar-refractivity contribution in [3.8, 4) is 0 Å². The molecule has 2 aliphatic rings. The summed E-state index contributed by atoms with van der Waals surface area (Å²) in [5.74, 6) is 0.582. The number of fused-ring (bicyclic) bond motifs is 2. The molecule has 2 atom stereocenters. The number of nitrogens with zero attached hydrogens (tertiary/aromatic N) is 1. The summed E-state index contributed by atoms with van der Waals surface area (Å²) in [6, 6.07) is 0.406. The van der Waals surface area contributed by atoms with Gasteiger partial charge in [-0.1, -0.05) is 46.0 Å². The highest BCUT2D eigenvalue weighted by Gasteiger charge is 2.52. The first-order chi connectivity index (χ1) is 6.75. The number of carbonyl (C=O) groups excluding carboxylic acids is 1. The van der Waals surface area contributed by atoms with E-state index in [0.29, 0.717) is 11.9 Å². The van der Waals surface area contributed by atoms with Crippen molar-refractivity contribution in [3.05, 3.63) is 12.2 Å². The van der Waals surface area contributed by atoms with Crippen LogP contribution < -0.4 is 0 Å². The highest BCUT2D eigenvalue weighted by molar-refractivity contribution is 6.79. The van der Waals surface area contributed by atoms with Gasteiger partial charge < -0.3 is 4.57 Å². The predicted molar refractivity (Wildman–Crippen MR) is 65.1 cm³/mol. The van der Waals surface area contributed by atoms with Gasteiger partial charge in [-0.15, -0.1) is 0 Å². The maximum Gasteiger partial charge on any atom is 0.222 e. The van der Waals surface area contributed by atoms with Crippen molar-refractivity contribution < 1.29 is 4.79 Å². The molecule has 1 aliphatic carbocycles. The maximum absolute atomic E-state index is 12.2. The van der Waals surface area contributed by atoms with E-state index in [1.165, 1.54) is 0 Å². The van der Waals surface area contributed by atoms with Crippen LogP contribution in [0.3, 0.4) is 0 Å². The van der Waals surface area contributed by atoms with E-state index in [9.17, 15) is 4.79 Å². The van der Waals surface area contributed by atoms with Gasteiger partial charge in [0.1, 0.15) is 0 Å². The van der Waals surface area contributed by atoms with Crippen molar-refractivity contribution in [1.82, 2.24) is 4.57 Å². The summed E-state index contributed by atoms with van der Waals surface area (Å²) >= 11 is 0. The molecule has 2 nitrogen and oxygen atoms in total. The molecule has 1 amide bonds. The van der Waals surface area contributed by atoms with Crippen LogP contribution >= 0.6 is 0 Å². The zero-order chi connectivity index (χ0) is 11.4. The van der Waals surface area contributed by atoms with Gasteiger partial charge in [-0.05, 0) is 11.5 Å². The highest BCUT2D eigenvalue weighted by Crippen LogP contribution is 2.45. The first-order valence-corrected chi connectivity index (χ1v) is 8.71. The van der Waals surface area contributed by atoms with Crippen LogP contribution in [0.4, 0.5) is 0 Å². The largest absolute Gasteiger partial charge is 0.363 e. The Kier molecular flexibility index (Phi) is 2.16. The Bertz CT molecular complexity index is 327. The summed E-state index contributed by atoms with van der Waals surface area (Å²) in [6.45, 7) is 11.4. The number of hydrogen-bond donors (Lipinski definition) is 0. The minimum Gasteiger partial charge on any atom is -0.363 e. The van der Waals surface area contributed by atoms with Crippen molar-refractivity contribution >= 4 is 14.1 Å². The molecule has 1 aliphatic heterocycles. The van der Waals surface area contributed by atoms with Crippen molar-refractivity contribution in [2.45, 2.75) is 51.4 Å². The van der Waals surface area contributed by atoms with E-state index < -0.39 is 8.24 Å². The molecule has 0 aromatic heterocycles. The van der Waals surface area contributed by atoms with Gasteiger partial charge in [-0.3, -0.25) is 4.79 Å². The van der Waals surface area contributed by atoms with Gasteiger partial charge in [-0.25, -0.2) is 0 Å². The lowest BCUT2D eigenvalue weighted by molar-refractivity contribution is -0.127. The molecular weight excluding hydrogens is 202 g/mol. The molecule has 0 unspecified atom stereocenters. The van der Waals surface area contributed by atoms with Crippen molar-refractivity contribution in [2.24, 2.45) is 5.92 Å². The van der Waals surface area contributed by atoms with Gasteiger partial charge in [0, 0.05) is 6.04 Å². The summed E-state index contributed by atoms with van der Waals surface area (Å²) in [6.07, 6.45) is 5.36. The Morgan fingerprint density at radius 2 is 1.93 bits per heavy atom. The first-order valence-electron chi connectivity index (χ1n) is 5.76. The van der Waals surface area contributed by atoms with Crippen LogP contribution in [0.1, 0.15) is 27.2 Å². The third-order valence-corrected chi connectivity index (χ3v) is 9.81. The summed E-state index contributed by atoms with van der Waals surface area (Å²) in [5.41, 5.74) is 0. The molecule has 0 saturated carbocycles. The standard InChI is InChI=1S/C12H21NOSi/c1-12(2,3)15(4,5)13-10-7-6-9(8-10)11(13)14/h6-7,9-10H,8H2,1-5H3/t9-,10+/m1/s1. The molecule has 1 saturated heterocycles. The van der Waals surface area contributed by atoms with E-state index in [2.05, 4.69) is 50.6 Å². The van der Waals surface area contributed by atoms with E-state index >= 15 is 0 Å². The predicted octanol–water partition coefficient (Wildman–Crippen LogP) is 2.78. The zero-order valence-electron chi connectivity index (χ0n) is 10.4. The van der Waals surface area contributed by atoms with E-state index in [0.717, 1.165) is 6.42 Å². The van der Waals surface area contributed by atoms with Crippen LogP contribution in [0.2, 0.25) is 18.1 Å². The molecule has 0 N–H and O–H groups in total. The first kappa shape index (κ1) is 10.9. The van der Waals surface area contributed by atoms with E-state index in [4.69, 9.17) is 0 Å². The number of amides is 1. The fourth-order valence-corrected chi connectivity index (χ4v) is 4.91. The van der Waals surface area contributed by atoms with Crippen molar-refractivity contribution in [2.75, 3.05) is 0 Å². The fourth-order valence-electron chi connectivity index (χ4n) is 2.45. The molecule has 0 aromatic rings. The van der Waals surface area contributed by atoms with Crippen LogP contribution in [0.25, 0.3) is 0 Å². The summed E-state index contributed by atoms with van der Waals surface area (Å²) in [5, 5.41) is 0.251. The molecule has 2 bridgehead atoms. The molecule has 1 heterocycles. The van der Waals surface area contributed by atoms with E-state index in [1.807, 2.05) is 0 Å². The van der Waals surface area contributed by atoms with Crippen LogP contribution in [0.15, 0.2) is 12.2 Å². The Hall–Kier alpha value is -0.573. The lowest BCUT2D eigenvalue weighted by Crippen LogP contribution is -2.59. The second-order valence-corrected chi connectivity index (χ2v) is 11.4. The minimum atomic E-state index is -1.66. The third kappa shape index (κ3) is 1.40. The number of hydrogen-bond acceptors (Lipinski definition) is 1. The smallest absolute Gasteiger partial charge is 0.222 e. The van der Waals surface area contributed by atoms with Gasteiger partial charge in [0.05, 0.1) is 5.92 Å². The molecule has 15 heavy (non-hydrogen) atoms. The lowest BCUT2D eigenvalue weighted by atomic mass is 10.1. The molecule has 0 radical (unpaired) electrons. The Balaban J connectivity index is 2.33. The molecule has 0 spiro atoms. The molecule has 0 aromatic carbocycles. The molecule has 2 rings (SSSR count). The average molecular weight is 223 g/mol. The average Bonchev–Trinajstić information content (AvgIpc) is 2.60. The fraction of sp³-hybridized carbons (Fsp3) is 0.750. The quantitative estimate of drug-likeness (QED) is 0.494. The maximum atomic E-state index is 12.2. The van der Waals surface area contributed by atoms with E-state index in [1.54, 1.807) is 0 Å². The highest BCUT2D eigenvalue weighted by atomic mass is 28.3. The monoisotopic (exact) mass is 223 g/mol. The Labute approximate surface area is 93.4 Å². The second-order valence-electron chi connectivity index (χ2n) is 6.31. The third-order valence-electron chi connectivity index (χ3n) is 4.38.